The van der Waals surface area contributed by atoms with Crippen molar-refractivity contribution in [2.45, 2.75) is 38.5 Å². The Morgan fingerprint density at radius 3 is 2.96 bits per heavy atom. The van der Waals surface area contributed by atoms with Crippen molar-refractivity contribution in [2.75, 3.05) is 6.54 Å². The van der Waals surface area contributed by atoms with Crippen LogP contribution in [0.25, 0.3) is 0 Å². The van der Waals surface area contributed by atoms with E-state index >= 15 is 0 Å². The number of hydrogen-bond acceptors (Lipinski definition) is 6. The molecular weight excluding hydrogens is 324 g/mol. The minimum Gasteiger partial charge on any atom is -0.391 e. The molecule has 0 bridgehead atoms. The number of hydrogen-bond donors (Lipinski definition) is 2. The van der Waals surface area contributed by atoms with Gasteiger partial charge in [-0.1, -0.05) is 11.2 Å². The van der Waals surface area contributed by atoms with Crippen LogP contribution in [0.3, 0.4) is 0 Å². The van der Waals surface area contributed by atoms with Crippen LogP contribution in [0.5, 0.6) is 0 Å². The van der Waals surface area contributed by atoms with Gasteiger partial charge in [-0.15, -0.1) is 0 Å². The number of aliphatic hydroxyl groups excluding tert-OH is 1. The van der Waals surface area contributed by atoms with Crippen LogP contribution < -0.4 is 5.32 Å². The van der Waals surface area contributed by atoms with E-state index in [1.165, 1.54) is 4.90 Å². The fraction of sp³-hybridized carbons (Fsp3) is 0.412. The molecule has 2 aromatic heterocycles. The van der Waals surface area contributed by atoms with Gasteiger partial charge in [-0.05, 0) is 19.1 Å². The van der Waals surface area contributed by atoms with Gasteiger partial charge in [0.1, 0.15) is 11.8 Å². The third kappa shape index (κ3) is 4.21. The molecule has 2 atom stereocenters. The number of carbonyl (C=O) groups excluding carboxylic acids is 2. The second-order valence-electron chi connectivity index (χ2n) is 6.10. The van der Waals surface area contributed by atoms with Gasteiger partial charge in [0.25, 0.3) is 0 Å². The standard InChI is InChI=1S/C17H20N4O4/c1-11-6-14(25-20-11)8-16(23)21-10-13(22)7-15(21)17(24)19-9-12-4-2-3-5-18-12/h2-6,13,15,22H,7-10H2,1H3,(H,19,24). The minimum absolute atomic E-state index is 0.0115. The van der Waals surface area contributed by atoms with E-state index in [1.54, 1.807) is 31.3 Å². The number of aromatic nitrogens is 2. The summed E-state index contributed by atoms with van der Waals surface area (Å²) in [5.74, 6) is -0.133. The summed E-state index contributed by atoms with van der Waals surface area (Å²) in [6.07, 6.45) is 1.16. The first kappa shape index (κ1) is 17.1. The van der Waals surface area contributed by atoms with Crippen molar-refractivity contribution in [3.05, 3.63) is 47.6 Å². The summed E-state index contributed by atoms with van der Waals surface area (Å²) in [4.78, 5) is 30.5. The quantitative estimate of drug-likeness (QED) is 0.802. The van der Waals surface area contributed by atoms with Gasteiger partial charge < -0.3 is 19.8 Å². The number of aryl methyl sites for hydroxylation is 1. The lowest BCUT2D eigenvalue weighted by atomic mass is 10.1. The molecule has 0 aromatic carbocycles. The molecule has 3 rings (SSSR count). The topological polar surface area (TPSA) is 109 Å². The summed E-state index contributed by atoms with van der Waals surface area (Å²) >= 11 is 0. The maximum absolute atomic E-state index is 12.5. The molecule has 1 aliphatic rings. The Kier molecular flexibility index (Phi) is 5.08. The molecular formula is C17H20N4O4. The van der Waals surface area contributed by atoms with Gasteiger partial charge in [0.05, 0.1) is 30.5 Å². The van der Waals surface area contributed by atoms with Crippen molar-refractivity contribution in [1.29, 1.82) is 0 Å². The van der Waals surface area contributed by atoms with Crippen molar-refractivity contribution >= 4 is 11.8 Å². The summed E-state index contributed by atoms with van der Waals surface area (Å²) < 4.78 is 5.05. The number of β-amino-alcohol motifs (C(OH)–C–C–N with tert-alkyl or cyclic N) is 1. The predicted molar refractivity (Wildman–Crippen MR) is 87.2 cm³/mol. The van der Waals surface area contributed by atoms with E-state index in [4.69, 9.17) is 4.52 Å². The summed E-state index contributed by atoms with van der Waals surface area (Å²) in [7, 11) is 0. The van der Waals surface area contributed by atoms with Crippen LogP contribution in [0.1, 0.15) is 23.6 Å². The number of likely N-dealkylation sites (tertiary alicyclic amines) is 1. The molecule has 132 valence electrons. The molecule has 1 aliphatic heterocycles. The fourth-order valence-corrected chi connectivity index (χ4v) is 2.89. The van der Waals surface area contributed by atoms with Gasteiger partial charge in [0.2, 0.25) is 11.8 Å². The smallest absolute Gasteiger partial charge is 0.243 e. The minimum atomic E-state index is -0.717. The van der Waals surface area contributed by atoms with E-state index in [2.05, 4.69) is 15.5 Å². The molecule has 0 aliphatic carbocycles. The Morgan fingerprint density at radius 1 is 1.44 bits per heavy atom. The number of nitrogens with zero attached hydrogens (tertiary/aromatic N) is 3. The van der Waals surface area contributed by atoms with Crippen LogP contribution >= 0.6 is 0 Å². The van der Waals surface area contributed by atoms with Crippen molar-refractivity contribution in [3.8, 4) is 0 Å². The average molecular weight is 344 g/mol. The lowest BCUT2D eigenvalue weighted by molar-refractivity contribution is -0.138. The normalized spacial score (nSPS) is 19.8. The van der Waals surface area contributed by atoms with Gasteiger partial charge in [0, 0.05) is 25.2 Å². The first-order valence-corrected chi connectivity index (χ1v) is 8.10. The number of amides is 2. The highest BCUT2D eigenvalue weighted by atomic mass is 16.5. The first-order chi connectivity index (χ1) is 12.0. The van der Waals surface area contributed by atoms with E-state index in [0.29, 0.717) is 11.5 Å². The van der Waals surface area contributed by atoms with Crippen molar-refractivity contribution in [1.82, 2.24) is 20.4 Å². The van der Waals surface area contributed by atoms with Gasteiger partial charge in [-0.2, -0.15) is 0 Å². The van der Waals surface area contributed by atoms with Gasteiger partial charge in [0.15, 0.2) is 0 Å². The van der Waals surface area contributed by atoms with E-state index in [9.17, 15) is 14.7 Å². The fourth-order valence-electron chi connectivity index (χ4n) is 2.89. The third-order valence-electron chi connectivity index (χ3n) is 4.07. The first-order valence-electron chi connectivity index (χ1n) is 8.10. The van der Waals surface area contributed by atoms with Crippen molar-refractivity contribution in [3.63, 3.8) is 0 Å². The molecule has 2 aromatic rings. The van der Waals surface area contributed by atoms with Crippen LogP contribution in [0.2, 0.25) is 0 Å². The monoisotopic (exact) mass is 344 g/mol. The molecule has 0 radical (unpaired) electrons. The van der Waals surface area contributed by atoms with Gasteiger partial charge >= 0.3 is 0 Å². The molecule has 2 N–H and O–H groups in total. The van der Waals surface area contributed by atoms with Crippen molar-refractivity contribution in [2.24, 2.45) is 0 Å². The number of rotatable bonds is 5. The maximum Gasteiger partial charge on any atom is 0.243 e. The Morgan fingerprint density at radius 2 is 2.28 bits per heavy atom. The highest BCUT2D eigenvalue weighted by Crippen LogP contribution is 2.20. The highest BCUT2D eigenvalue weighted by Gasteiger charge is 2.38. The molecule has 25 heavy (non-hydrogen) atoms. The molecule has 1 saturated heterocycles. The van der Waals surface area contributed by atoms with E-state index < -0.39 is 12.1 Å². The summed E-state index contributed by atoms with van der Waals surface area (Å²) in [6.45, 7) is 2.17. The molecule has 0 spiro atoms. The Hall–Kier alpha value is -2.74. The van der Waals surface area contributed by atoms with Gasteiger partial charge in [-0.3, -0.25) is 14.6 Å². The zero-order valence-electron chi connectivity index (χ0n) is 13.9. The van der Waals surface area contributed by atoms with Crippen LogP contribution in [0.15, 0.2) is 35.0 Å². The van der Waals surface area contributed by atoms with E-state index in [-0.39, 0.29) is 37.7 Å². The highest BCUT2D eigenvalue weighted by molar-refractivity contribution is 5.89. The predicted octanol–water partition coefficient (Wildman–Crippen LogP) is 0.199. The van der Waals surface area contributed by atoms with Crippen LogP contribution in [0, 0.1) is 6.92 Å². The number of nitrogens with one attached hydrogen (secondary N) is 1. The number of carbonyl (C=O) groups is 2. The molecule has 2 amide bonds. The van der Waals surface area contributed by atoms with Crippen LogP contribution in [-0.4, -0.2) is 50.7 Å². The Balaban J connectivity index is 1.62. The average Bonchev–Trinajstić information content (AvgIpc) is 3.19. The van der Waals surface area contributed by atoms with Crippen molar-refractivity contribution < 1.29 is 19.2 Å². The molecule has 2 unspecified atom stereocenters. The molecule has 3 heterocycles. The zero-order valence-corrected chi connectivity index (χ0v) is 13.9. The number of aliphatic hydroxyl groups is 1. The summed E-state index contributed by atoms with van der Waals surface area (Å²) in [5, 5.41) is 16.4. The molecule has 1 fully saturated rings. The van der Waals surface area contributed by atoms with Crippen LogP contribution in [-0.2, 0) is 22.6 Å². The SMILES string of the molecule is Cc1cc(CC(=O)N2CC(O)CC2C(=O)NCc2ccccn2)on1. The molecule has 8 nitrogen and oxygen atoms in total. The summed E-state index contributed by atoms with van der Waals surface area (Å²) in [5.41, 5.74) is 1.42. The van der Waals surface area contributed by atoms with E-state index in [0.717, 1.165) is 5.69 Å². The third-order valence-corrected chi connectivity index (χ3v) is 4.07. The lowest BCUT2D eigenvalue weighted by Crippen LogP contribution is -2.46. The van der Waals surface area contributed by atoms with Gasteiger partial charge in [-0.25, -0.2) is 0 Å². The Labute approximate surface area is 144 Å². The zero-order chi connectivity index (χ0) is 17.8. The lowest BCUT2D eigenvalue weighted by Gasteiger charge is -2.23. The van der Waals surface area contributed by atoms with Crippen LogP contribution in [0.4, 0.5) is 0 Å². The summed E-state index contributed by atoms with van der Waals surface area (Å²) in [6, 6.07) is 6.42. The molecule has 8 heteroatoms. The largest absolute Gasteiger partial charge is 0.391 e. The second kappa shape index (κ2) is 7.43. The number of pyridine rings is 1. The maximum atomic E-state index is 12.5. The van der Waals surface area contributed by atoms with E-state index in [1.807, 2.05) is 6.07 Å². The molecule has 0 saturated carbocycles. The Bertz CT molecular complexity index is 746. The second-order valence-corrected chi connectivity index (χ2v) is 6.10.